The number of hydrogen-bond donors (Lipinski definition) is 2. The lowest BCUT2D eigenvalue weighted by molar-refractivity contribution is 0.476. The normalized spacial score (nSPS) is 16.8. The van der Waals surface area contributed by atoms with Gasteiger partial charge in [-0.2, -0.15) is 5.26 Å². The molecule has 1 aromatic carbocycles. The van der Waals surface area contributed by atoms with Crippen molar-refractivity contribution in [2.75, 3.05) is 12.3 Å². The third kappa shape index (κ3) is 2.88. The molecular formula is C13H17N3O2S. The van der Waals surface area contributed by atoms with E-state index in [1.807, 2.05) is 6.07 Å². The third-order valence-corrected chi connectivity index (χ3v) is 5.25. The summed E-state index contributed by atoms with van der Waals surface area (Å²) in [5.74, 6) is 0. The Morgan fingerprint density at radius 3 is 2.63 bits per heavy atom. The molecule has 5 nitrogen and oxygen atoms in total. The van der Waals surface area contributed by atoms with Crippen molar-refractivity contribution in [1.29, 1.82) is 5.26 Å². The van der Waals surface area contributed by atoms with E-state index in [-0.39, 0.29) is 16.0 Å². The van der Waals surface area contributed by atoms with Crippen molar-refractivity contribution >= 4 is 15.7 Å². The summed E-state index contributed by atoms with van der Waals surface area (Å²) in [6, 6.07) is 6.14. The molecule has 0 bridgehead atoms. The number of hydrogen-bond acceptors (Lipinski definition) is 4. The highest BCUT2D eigenvalue weighted by atomic mass is 32.2. The zero-order valence-electron chi connectivity index (χ0n) is 10.8. The van der Waals surface area contributed by atoms with Crippen LogP contribution in [0.2, 0.25) is 0 Å². The molecule has 0 heterocycles. The zero-order chi connectivity index (χ0) is 14.1. The number of nitrogens with one attached hydrogen (secondary N) is 1. The van der Waals surface area contributed by atoms with Gasteiger partial charge in [-0.1, -0.05) is 6.92 Å². The van der Waals surface area contributed by atoms with Gasteiger partial charge in [-0.05, 0) is 42.9 Å². The Morgan fingerprint density at radius 1 is 1.47 bits per heavy atom. The van der Waals surface area contributed by atoms with Crippen LogP contribution in [-0.4, -0.2) is 15.0 Å². The number of nitrogen functional groups attached to an aromatic ring is 1. The highest BCUT2D eigenvalue weighted by molar-refractivity contribution is 7.89. The Bertz CT molecular complexity index is 628. The summed E-state index contributed by atoms with van der Waals surface area (Å²) in [6.07, 6.45) is 3.10. The molecular weight excluding hydrogens is 262 g/mol. The molecule has 1 aromatic rings. The lowest BCUT2D eigenvalue weighted by Gasteiger charge is -2.14. The van der Waals surface area contributed by atoms with Crippen LogP contribution in [0.4, 0.5) is 5.69 Å². The van der Waals surface area contributed by atoms with Gasteiger partial charge in [0, 0.05) is 6.54 Å². The predicted molar refractivity (Wildman–Crippen MR) is 72.7 cm³/mol. The standard InChI is InChI=1S/C13H17N3O2S/c1-2-13(5-6-13)9-16-19(17,18)12-4-3-10(8-14)7-11(12)15/h3-4,7,16H,2,5-6,9,15H2,1H3. The van der Waals surface area contributed by atoms with Gasteiger partial charge in [0.2, 0.25) is 10.0 Å². The molecule has 0 radical (unpaired) electrons. The minimum atomic E-state index is -3.60. The number of nitrogens with zero attached hydrogens (tertiary/aromatic N) is 1. The lowest BCUT2D eigenvalue weighted by Crippen LogP contribution is -2.30. The number of nitrogens with two attached hydrogens (primary N) is 1. The molecule has 1 aliphatic rings. The van der Waals surface area contributed by atoms with E-state index in [4.69, 9.17) is 11.0 Å². The Labute approximate surface area is 113 Å². The van der Waals surface area contributed by atoms with Crippen molar-refractivity contribution in [2.45, 2.75) is 31.1 Å². The van der Waals surface area contributed by atoms with Gasteiger partial charge in [-0.3, -0.25) is 0 Å². The first-order valence-corrected chi connectivity index (χ1v) is 7.70. The summed E-state index contributed by atoms with van der Waals surface area (Å²) in [5, 5.41) is 8.74. The average molecular weight is 279 g/mol. The summed E-state index contributed by atoms with van der Waals surface area (Å²) < 4.78 is 27.0. The van der Waals surface area contributed by atoms with Gasteiger partial charge in [-0.25, -0.2) is 13.1 Å². The van der Waals surface area contributed by atoms with E-state index in [0.717, 1.165) is 19.3 Å². The Morgan fingerprint density at radius 2 is 2.16 bits per heavy atom. The smallest absolute Gasteiger partial charge is 0.242 e. The maximum Gasteiger partial charge on any atom is 0.242 e. The van der Waals surface area contributed by atoms with E-state index in [1.165, 1.54) is 18.2 Å². The molecule has 0 aliphatic heterocycles. The number of benzene rings is 1. The molecule has 1 saturated carbocycles. The molecule has 1 fully saturated rings. The third-order valence-electron chi connectivity index (χ3n) is 3.77. The predicted octanol–water partition coefficient (Wildman–Crippen LogP) is 1.61. The van der Waals surface area contributed by atoms with Crippen LogP contribution in [-0.2, 0) is 10.0 Å². The van der Waals surface area contributed by atoms with Gasteiger partial charge in [0.15, 0.2) is 0 Å². The van der Waals surface area contributed by atoms with Crippen molar-refractivity contribution < 1.29 is 8.42 Å². The number of sulfonamides is 1. The number of nitriles is 1. The first-order chi connectivity index (χ1) is 8.92. The van der Waals surface area contributed by atoms with E-state index >= 15 is 0 Å². The lowest BCUT2D eigenvalue weighted by atomic mass is 10.1. The van der Waals surface area contributed by atoms with Crippen LogP contribution in [0.1, 0.15) is 31.7 Å². The summed E-state index contributed by atoms with van der Waals surface area (Å²) in [5.41, 5.74) is 6.29. The van der Waals surface area contributed by atoms with Crippen LogP contribution >= 0.6 is 0 Å². The number of anilines is 1. The fourth-order valence-electron chi connectivity index (χ4n) is 2.02. The van der Waals surface area contributed by atoms with Gasteiger partial charge >= 0.3 is 0 Å². The van der Waals surface area contributed by atoms with E-state index in [9.17, 15) is 8.42 Å². The number of rotatable bonds is 5. The van der Waals surface area contributed by atoms with Crippen molar-refractivity contribution in [2.24, 2.45) is 5.41 Å². The zero-order valence-corrected chi connectivity index (χ0v) is 11.6. The Balaban J connectivity index is 2.18. The Hall–Kier alpha value is -1.58. The quantitative estimate of drug-likeness (QED) is 0.800. The molecule has 3 N–H and O–H groups in total. The van der Waals surface area contributed by atoms with Crippen molar-refractivity contribution in [3.63, 3.8) is 0 Å². The van der Waals surface area contributed by atoms with Crippen LogP contribution in [0, 0.1) is 16.7 Å². The Kier molecular flexibility index (Phi) is 3.52. The molecule has 102 valence electrons. The van der Waals surface area contributed by atoms with Gasteiger partial charge in [-0.15, -0.1) is 0 Å². The van der Waals surface area contributed by atoms with Crippen LogP contribution in [0.25, 0.3) is 0 Å². The molecule has 19 heavy (non-hydrogen) atoms. The van der Waals surface area contributed by atoms with E-state index in [0.29, 0.717) is 12.1 Å². The fourth-order valence-corrected chi connectivity index (χ4v) is 3.29. The molecule has 0 spiro atoms. The van der Waals surface area contributed by atoms with Crippen LogP contribution in [0.15, 0.2) is 23.1 Å². The van der Waals surface area contributed by atoms with Gasteiger partial charge in [0.25, 0.3) is 0 Å². The van der Waals surface area contributed by atoms with E-state index < -0.39 is 10.0 Å². The van der Waals surface area contributed by atoms with Gasteiger partial charge < -0.3 is 5.73 Å². The maximum absolute atomic E-state index is 12.2. The second kappa shape index (κ2) is 4.83. The van der Waals surface area contributed by atoms with Crippen LogP contribution < -0.4 is 10.5 Å². The molecule has 0 unspecified atom stereocenters. The van der Waals surface area contributed by atoms with Crippen LogP contribution in [0.3, 0.4) is 0 Å². The molecule has 0 saturated heterocycles. The molecule has 0 amide bonds. The molecule has 6 heteroatoms. The molecule has 2 rings (SSSR count). The van der Waals surface area contributed by atoms with Crippen molar-refractivity contribution in [3.8, 4) is 6.07 Å². The largest absolute Gasteiger partial charge is 0.398 e. The van der Waals surface area contributed by atoms with Gasteiger partial charge in [0.1, 0.15) is 4.90 Å². The van der Waals surface area contributed by atoms with E-state index in [2.05, 4.69) is 11.6 Å². The summed E-state index contributed by atoms with van der Waals surface area (Å²) in [7, 11) is -3.60. The minimum Gasteiger partial charge on any atom is -0.398 e. The monoisotopic (exact) mass is 279 g/mol. The first-order valence-electron chi connectivity index (χ1n) is 6.22. The topological polar surface area (TPSA) is 96.0 Å². The van der Waals surface area contributed by atoms with Crippen molar-refractivity contribution in [3.05, 3.63) is 23.8 Å². The van der Waals surface area contributed by atoms with E-state index in [1.54, 1.807) is 0 Å². The average Bonchev–Trinajstić information content (AvgIpc) is 3.17. The second-order valence-corrected chi connectivity index (χ2v) is 6.78. The summed E-state index contributed by atoms with van der Waals surface area (Å²) in [6.45, 7) is 2.52. The van der Waals surface area contributed by atoms with Gasteiger partial charge in [0.05, 0.1) is 17.3 Å². The van der Waals surface area contributed by atoms with Crippen molar-refractivity contribution in [1.82, 2.24) is 4.72 Å². The first kappa shape index (κ1) is 13.8. The summed E-state index contributed by atoms with van der Waals surface area (Å²) in [4.78, 5) is 0.0402. The molecule has 1 aliphatic carbocycles. The molecule has 0 atom stereocenters. The summed E-state index contributed by atoms with van der Waals surface area (Å²) >= 11 is 0. The minimum absolute atomic E-state index is 0.0402. The second-order valence-electron chi connectivity index (χ2n) is 5.04. The van der Waals surface area contributed by atoms with Crippen LogP contribution in [0.5, 0.6) is 0 Å². The fraction of sp³-hybridized carbons (Fsp3) is 0.462. The highest BCUT2D eigenvalue weighted by Crippen LogP contribution is 2.48. The maximum atomic E-state index is 12.2. The highest BCUT2D eigenvalue weighted by Gasteiger charge is 2.41. The molecule has 0 aromatic heterocycles. The SMILES string of the molecule is CCC1(CNS(=O)(=O)c2ccc(C#N)cc2N)CC1.